The van der Waals surface area contributed by atoms with Crippen LogP contribution in [-0.4, -0.2) is 30.3 Å². The first-order valence-electron chi connectivity index (χ1n) is 11.3. The van der Waals surface area contributed by atoms with Crippen LogP contribution in [0.25, 0.3) is 0 Å². The fourth-order valence-corrected chi connectivity index (χ4v) is 4.31. The molecule has 0 amide bonds. The highest BCUT2D eigenvalue weighted by atomic mass is 32.2. The van der Waals surface area contributed by atoms with E-state index in [9.17, 15) is 0 Å². The molecule has 0 aliphatic rings. The lowest BCUT2D eigenvalue weighted by Crippen LogP contribution is -2.28. The van der Waals surface area contributed by atoms with Crippen LogP contribution in [0, 0.1) is 0 Å². The zero-order chi connectivity index (χ0) is 18.7. The molecule has 0 bridgehead atoms. The molecule has 0 aromatic heterocycles. The minimum Gasteiger partial charge on any atom is -0.303 e. The van der Waals surface area contributed by atoms with Gasteiger partial charge < -0.3 is 4.90 Å². The van der Waals surface area contributed by atoms with Gasteiger partial charge in [0.05, 0.1) is 0 Å². The number of rotatable bonds is 18. The van der Waals surface area contributed by atoms with Crippen molar-refractivity contribution in [1.29, 1.82) is 0 Å². The molecule has 0 spiro atoms. The van der Waals surface area contributed by atoms with E-state index in [0.717, 1.165) is 0 Å². The van der Waals surface area contributed by atoms with Crippen LogP contribution in [0.2, 0.25) is 0 Å². The standard InChI is InChI=1S/C24H43NS/c1-3-5-7-9-11-16-20-25(21-17-12-10-8-6-4-2)22-23-26-24-18-14-13-15-19-24/h13-15,18-19H,3-12,16-17,20-23H2,1-2H3. The molecular weight excluding hydrogens is 334 g/mol. The maximum absolute atomic E-state index is 2.73. The highest BCUT2D eigenvalue weighted by Crippen LogP contribution is 2.17. The van der Waals surface area contributed by atoms with Crippen LogP contribution < -0.4 is 0 Å². The molecule has 1 aromatic carbocycles. The van der Waals surface area contributed by atoms with Crippen molar-refractivity contribution in [2.24, 2.45) is 0 Å². The molecule has 2 heteroatoms. The zero-order valence-electron chi connectivity index (χ0n) is 17.6. The van der Waals surface area contributed by atoms with Crippen molar-refractivity contribution in [3.05, 3.63) is 30.3 Å². The number of thioether (sulfide) groups is 1. The van der Waals surface area contributed by atoms with E-state index in [1.165, 1.54) is 107 Å². The van der Waals surface area contributed by atoms with E-state index in [4.69, 9.17) is 0 Å². The first-order chi connectivity index (χ1) is 12.9. The monoisotopic (exact) mass is 377 g/mol. The summed E-state index contributed by atoms with van der Waals surface area (Å²) < 4.78 is 0. The predicted octanol–water partition coefficient (Wildman–Crippen LogP) is 7.80. The van der Waals surface area contributed by atoms with E-state index in [-0.39, 0.29) is 0 Å². The third-order valence-corrected chi connectivity index (χ3v) is 6.07. The third-order valence-electron chi connectivity index (χ3n) is 5.08. The van der Waals surface area contributed by atoms with Crippen LogP contribution >= 0.6 is 11.8 Å². The zero-order valence-corrected chi connectivity index (χ0v) is 18.4. The first kappa shape index (κ1) is 23.6. The molecule has 0 aliphatic carbocycles. The average molecular weight is 378 g/mol. The van der Waals surface area contributed by atoms with Gasteiger partial charge in [-0.05, 0) is 38.1 Å². The molecule has 26 heavy (non-hydrogen) atoms. The highest BCUT2D eigenvalue weighted by molar-refractivity contribution is 7.99. The summed E-state index contributed by atoms with van der Waals surface area (Å²) in [5.74, 6) is 1.22. The number of hydrogen-bond donors (Lipinski definition) is 0. The van der Waals surface area contributed by atoms with E-state index in [0.29, 0.717) is 0 Å². The lowest BCUT2D eigenvalue weighted by molar-refractivity contribution is 0.275. The Bertz CT molecular complexity index is 376. The van der Waals surface area contributed by atoms with E-state index in [2.05, 4.69) is 49.1 Å². The van der Waals surface area contributed by atoms with Crippen LogP contribution in [0.1, 0.15) is 90.9 Å². The number of benzene rings is 1. The fraction of sp³-hybridized carbons (Fsp3) is 0.750. The maximum atomic E-state index is 2.73. The van der Waals surface area contributed by atoms with E-state index in [1.807, 2.05) is 11.8 Å². The summed E-state index contributed by atoms with van der Waals surface area (Å²) in [6, 6.07) is 10.9. The van der Waals surface area contributed by atoms with Gasteiger partial charge in [0.2, 0.25) is 0 Å². The molecule has 150 valence electrons. The Kier molecular flexibility index (Phi) is 16.2. The van der Waals surface area contributed by atoms with Gasteiger partial charge >= 0.3 is 0 Å². The lowest BCUT2D eigenvalue weighted by Gasteiger charge is -2.22. The van der Waals surface area contributed by atoms with Crippen LogP contribution in [0.5, 0.6) is 0 Å². The maximum Gasteiger partial charge on any atom is 0.0108 e. The molecule has 0 heterocycles. The van der Waals surface area contributed by atoms with Crippen molar-refractivity contribution in [3.8, 4) is 0 Å². The van der Waals surface area contributed by atoms with Gasteiger partial charge in [0.15, 0.2) is 0 Å². The quantitative estimate of drug-likeness (QED) is 0.190. The van der Waals surface area contributed by atoms with E-state index >= 15 is 0 Å². The molecule has 1 rings (SSSR count). The van der Waals surface area contributed by atoms with Crippen molar-refractivity contribution in [1.82, 2.24) is 4.90 Å². The molecule has 0 atom stereocenters. The smallest absolute Gasteiger partial charge is 0.0108 e. The number of unbranched alkanes of at least 4 members (excludes halogenated alkanes) is 10. The van der Waals surface area contributed by atoms with Gasteiger partial charge in [-0.3, -0.25) is 0 Å². The average Bonchev–Trinajstić information content (AvgIpc) is 2.67. The van der Waals surface area contributed by atoms with Crippen molar-refractivity contribution in [3.63, 3.8) is 0 Å². The molecule has 0 unspecified atom stereocenters. The van der Waals surface area contributed by atoms with Gasteiger partial charge in [0, 0.05) is 17.2 Å². The van der Waals surface area contributed by atoms with Crippen molar-refractivity contribution in [2.45, 2.75) is 95.8 Å². The lowest BCUT2D eigenvalue weighted by atomic mass is 10.1. The Labute approximate surface area is 168 Å². The van der Waals surface area contributed by atoms with Gasteiger partial charge in [-0.15, -0.1) is 11.8 Å². The first-order valence-corrected chi connectivity index (χ1v) is 12.3. The number of nitrogens with zero attached hydrogens (tertiary/aromatic N) is 1. The molecular formula is C24H43NS. The molecule has 0 fully saturated rings. The van der Waals surface area contributed by atoms with E-state index < -0.39 is 0 Å². The van der Waals surface area contributed by atoms with Crippen LogP contribution in [0.3, 0.4) is 0 Å². The molecule has 0 saturated heterocycles. The summed E-state index contributed by atoms with van der Waals surface area (Å²) in [5.41, 5.74) is 0. The SMILES string of the molecule is CCCCCCCCN(CCCCCCCC)CCSc1ccccc1. The summed E-state index contributed by atoms with van der Waals surface area (Å²) in [7, 11) is 0. The molecule has 1 nitrogen and oxygen atoms in total. The summed E-state index contributed by atoms with van der Waals surface area (Å²) in [4.78, 5) is 4.14. The second-order valence-corrected chi connectivity index (χ2v) is 8.71. The second kappa shape index (κ2) is 17.9. The molecule has 1 aromatic rings. The molecule has 0 saturated carbocycles. The fourth-order valence-electron chi connectivity index (χ4n) is 3.38. The van der Waals surface area contributed by atoms with Crippen LogP contribution in [0.15, 0.2) is 35.2 Å². The number of hydrogen-bond acceptors (Lipinski definition) is 2. The van der Waals surface area contributed by atoms with E-state index in [1.54, 1.807) is 0 Å². The van der Waals surface area contributed by atoms with Crippen LogP contribution in [-0.2, 0) is 0 Å². The Morgan fingerprint density at radius 1 is 0.615 bits per heavy atom. The van der Waals surface area contributed by atoms with Crippen molar-refractivity contribution in [2.75, 3.05) is 25.4 Å². The Hall–Kier alpha value is -0.470. The second-order valence-electron chi connectivity index (χ2n) is 7.54. The summed E-state index contributed by atoms with van der Waals surface area (Å²) in [5, 5.41) is 0. The minimum atomic E-state index is 1.22. The predicted molar refractivity (Wildman–Crippen MR) is 120 cm³/mol. The molecule has 0 aliphatic heterocycles. The Morgan fingerprint density at radius 3 is 1.65 bits per heavy atom. The summed E-state index contributed by atoms with van der Waals surface area (Å²) in [6.45, 7) is 8.44. The normalized spacial score (nSPS) is 11.3. The van der Waals surface area contributed by atoms with Crippen LogP contribution in [0.4, 0.5) is 0 Å². The summed E-state index contributed by atoms with van der Waals surface area (Å²) >= 11 is 2.01. The third kappa shape index (κ3) is 13.7. The van der Waals surface area contributed by atoms with Gasteiger partial charge in [-0.2, -0.15) is 0 Å². The topological polar surface area (TPSA) is 3.24 Å². The van der Waals surface area contributed by atoms with Crippen molar-refractivity contribution >= 4 is 11.8 Å². The van der Waals surface area contributed by atoms with Gasteiger partial charge in [0.25, 0.3) is 0 Å². The Morgan fingerprint density at radius 2 is 1.12 bits per heavy atom. The van der Waals surface area contributed by atoms with Crippen molar-refractivity contribution < 1.29 is 0 Å². The Balaban J connectivity index is 2.20. The van der Waals surface area contributed by atoms with Gasteiger partial charge in [0.1, 0.15) is 0 Å². The summed E-state index contributed by atoms with van der Waals surface area (Å²) in [6.07, 6.45) is 16.8. The molecule has 0 N–H and O–H groups in total. The van der Waals surface area contributed by atoms with Gasteiger partial charge in [-0.25, -0.2) is 0 Å². The molecule has 0 radical (unpaired) electrons. The minimum absolute atomic E-state index is 1.22. The van der Waals surface area contributed by atoms with Gasteiger partial charge in [-0.1, -0.05) is 96.3 Å². The largest absolute Gasteiger partial charge is 0.303 e. The highest BCUT2D eigenvalue weighted by Gasteiger charge is 2.05.